The van der Waals surface area contributed by atoms with Gasteiger partial charge in [-0.3, -0.25) is 4.79 Å². The van der Waals surface area contributed by atoms with Crippen LogP contribution in [0.25, 0.3) is 11.3 Å². The maximum Gasteiger partial charge on any atom is 0.182 e. The molecule has 0 aliphatic carbocycles. The molecule has 0 bridgehead atoms. The van der Waals surface area contributed by atoms with Crippen LogP contribution in [-0.4, -0.2) is 15.3 Å². The molecule has 0 unspecified atom stereocenters. The summed E-state index contributed by atoms with van der Waals surface area (Å²) in [4.78, 5) is 17.6. The van der Waals surface area contributed by atoms with E-state index in [1.807, 2.05) is 53.2 Å². The molecular formula is C24H18Cl2N2OS. The number of carbonyl (C=O) groups excluding carboxylic acids is 1. The monoisotopic (exact) mass is 452 g/mol. The summed E-state index contributed by atoms with van der Waals surface area (Å²) in [5, 5.41) is 2.08. The summed E-state index contributed by atoms with van der Waals surface area (Å²) < 4.78 is 1.91. The molecule has 4 rings (SSSR count). The molecule has 0 fully saturated rings. The summed E-state index contributed by atoms with van der Waals surface area (Å²) in [6.07, 6.45) is 1.92. The third kappa shape index (κ3) is 5.14. The number of rotatable bonds is 7. The van der Waals surface area contributed by atoms with Crippen molar-refractivity contribution < 1.29 is 4.79 Å². The average Bonchev–Trinajstić information content (AvgIpc) is 3.16. The summed E-state index contributed by atoms with van der Waals surface area (Å²) in [6.45, 7) is 0.208. The van der Waals surface area contributed by atoms with E-state index in [0.717, 1.165) is 22.2 Å². The number of thioether (sulfide) groups is 1. The molecule has 6 heteroatoms. The van der Waals surface area contributed by atoms with Crippen LogP contribution in [0, 0.1) is 0 Å². The van der Waals surface area contributed by atoms with Crippen molar-refractivity contribution in [3.63, 3.8) is 0 Å². The van der Waals surface area contributed by atoms with Gasteiger partial charge in [0.15, 0.2) is 10.9 Å². The molecule has 0 amide bonds. The number of hydrogen-bond acceptors (Lipinski definition) is 3. The molecule has 30 heavy (non-hydrogen) atoms. The Morgan fingerprint density at radius 1 is 0.867 bits per heavy atom. The second-order valence-electron chi connectivity index (χ2n) is 6.75. The second-order valence-corrected chi connectivity index (χ2v) is 8.56. The van der Waals surface area contributed by atoms with Gasteiger partial charge in [-0.2, -0.15) is 0 Å². The van der Waals surface area contributed by atoms with Gasteiger partial charge in [-0.25, -0.2) is 4.98 Å². The van der Waals surface area contributed by atoms with E-state index in [-0.39, 0.29) is 12.3 Å². The lowest BCUT2D eigenvalue weighted by atomic mass is 10.1. The lowest BCUT2D eigenvalue weighted by molar-refractivity contribution is 0.0969. The fourth-order valence-corrected chi connectivity index (χ4v) is 4.18. The van der Waals surface area contributed by atoms with Crippen molar-refractivity contribution in [1.29, 1.82) is 0 Å². The van der Waals surface area contributed by atoms with Crippen LogP contribution in [0.1, 0.15) is 15.9 Å². The molecule has 0 spiro atoms. The van der Waals surface area contributed by atoms with Crippen LogP contribution < -0.4 is 0 Å². The summed E-state index contributed by atoms with van der Waals surface area (Å²) in [7, 11) is 0. The minimum Gasteiger partial charge on any atom is -0.318 e. The molecule has 0 aliphatic heterocycles. The van der Waals surface area contributed by atoms with Crippen molar-refractivity contribution in [3.8, 4) is 11.3 Å². The first-order valence-electron chi connectivity index (χ1n) is 9.37. The molecule has 150 valence electrons. The Morgan fingerprint density at radius 2 is 1.50 bits per heavy atom. The highest BCUT2D eigenvalue weighted by Crippen LogP contribution is 2.28. The Bertz CT molecular complexity index is 1140. The topological polar surface area (TPSA) is 34.9 Å². The zero-order valence-corrected chi connectivity index (χ0v) is 18.3. The van der Waals surface area contributed by atoms with Gasteiger partial charge in [0.2, 0.25) is 0 Å². The molecule has 3 nitrogen and oxygen atoms in total. The highest BCUT2D eigenvalue weighted by molar-refractivity contribution is 7.98. The molecule has 0 saturated heterocycles. The van der Waals surface area contributed by atoms with Crippen molar-refractivity contribution in [3.05, 3.63) is 106 Å². The van der Waals surface area contributed by atoms with Gasteiger partial charge in [0, 0.05) is 33.1 Å². The van der Waals surface area contributed by atoms with Gasteiger partial charge in [-0.15, -0.1) is 0 Å². The molecule has 0 N–H and O–H groups in total. The molecule has 0 saturated carbocycles. The maximum absolute atomic E-state index is 12.8. The van der Waals surface area contributed by atoms with E-state index >= 15 is 0 Å². The van der Waals surface area contributed by atoms with Gasteiger partial charge in [-0.05, 0) is 42.0 Å². The number of hydrogen-bond donors (Lipinski definition) is 0. The van der Waals surface area contributed by atoms with E-state index < -0.39 is 0 Å². The minimum absolute atomic E-state index is 0.00767. The Balaban J connectivity index is 1.61. The number of aromatic nitrogens is 2. The standard InChI is InChI=1S/C24H18Cl2N2OS/c25-20-10-6-18(7-11-20)22-14-28(15-23(29)19-8-12-21(26)13-9-19)24(27-22)30-16-17-4-2-1-3-5-17/h1-14H,15-16H2. The van der Waals surface area contributed by atoms with E-state index in [9.17, 15) is 4.79 Å². The Labute approximate surface area is 189 Å². The van der Waals surface area contributed by atoms with E-state index in [2.05, 4.69) is 12.1 Å². The first-order valence-corrected chi connectivity index (χ1v) is 11.1. The van der Waals surface area contributed by atoms with Gasteiger partial charge in [-0.1, -0.05) is 77.4 Å². The Kier molecular flexibility index (Phi) is 6.58. The zero-order valence-electron chi connectivity index (χ0n) is 16.0. The third-order valence-corrected chi connectivity index (χ3v) is 6.14. The second kappa shape index (κ2) is 9.52. The van der Waals surface area contributed by atoms with Gasteiger partial charge in [0.1, 0.15) is 0 Å². The van der Waals surface area contributed by atoms with Gasteiger partial charge < -0.3 is 4.57 Å². The fraction of sp³-hybridized carbons (Fsp3) is 0.0833. The van der Waals surface area contributed by atoms with Crippen molar-refractivity contribution in [2.75, 3.05) is 0 Å². The zero-order chi connectivity index (χ0) is 20.9. The first-order chi connectivity index (χ1) is 14.6. The van der Waals surface area contributed by atoms with Crippen molar-refractivity contribution >= 4 is 40.7 Å². The number of Topliss-reactive ketones (excluding diaryl/α,β-unsaturated/α-hetero) is 1. The van der Waals surface area contributed by atoms with Crippen molar-refractivity contribution in [2.24, 2.45) is 0 Å². The van der Waals surface area contributed by atoms with Crippen LogP contribution in [0.15, 0.2) is 90.2 Å². The van der Waals surface area contributed by atoms with Crippen molar-refractivity contribution in [2.45, 2.75) is 17.5 Å². The van der Waals surface area contributed by atoms with Gasteiger partial charge >= 0.3 is 0 Å². The predicted octanol–water partition coefficient (Wildman–Crippen LogP) is 7.03. The SMILES string of the molecule is O=C(Cn1cc(-c2ccc(Cl)cc2)nc1SCc1ccccc1)c1ccc(Cl)cc1. The third-order valence-electron chi connectivity index (χ3n) is 4.57. The highest BCUT2D eigenvalue weighted by atomic mass is 35.5. The number of carbonyl (C=O) groups is 1. The molecule has 1 aromatic heterocycles. The van der Waals surface area contributed by atoms with Crippen LogP contribution in [-0.2, 0) is 12.3 Å². The molecule has 0 radical (unpaired) electrons. The van der Waals surface area contributed by atoms with Gasteiger partial charge in [0.05, 0.1) is 12.2 Å². The lowest BCUT2D eigenvalue weighted by Gasteiger charge is -2.07. The number of ketones is 1. The summed E-state index contributed by atoms with van der Waals surface area (Å²) in [6, 6.07) is 24.7. The summed E-state index contributed by atoms with van der Waals surface area (Å²) >= 11 is 13.6. The maximum atomic E-state index is 12.8. The first kappa shape index (κ1) is 20.7. The normalized spacial score (nSPS) is 10.9. The number of nitrogens with zero attached hydrogens (tertiary/aromatic N) is 2. The Morgan fingerprint density at radius 3 is 2.17 bits per heavy atom. The van der Waals surface area contributed by atoms with E-state index in [0.29, 0.717) is 15.6 Å². The van der Waals surface area contributed by atoms with Crippen LogP contribution in [0.4, 0.5) is 0 Å². The van der Waals surface area contributed by atoms with Crippen LogP contribution in [0.5, 0.6) is 0 Å². The van der Waals surface area contributed by atoms with Gasteiger partial charge in [0.25, 0.3) is 0 Å². The summed E-state index contributed by atoms with van der Waals surface area (Å²) in [5.41, 5.74) is 3.60. The molecule has 3 aromatic carbocycles. The molecule has 0 aliphatic rings. The van der Waals surface area contributed by atoms with E-state index in [1.54, 1.807) is 36.0 Å². The number of benzene rings is 3. The largest absolute Gasteiger partial charge is 0.318 e. The van der Waals surface area contributed by atoms with E-state index in [1.165, 1.54) is 5.56 Å². The quantitative estimate of drug-likeness (QED) is 0.223. The molecular weight excluding hydrogens is 435 g/mol. The molecule has 0 atom stereocenters. The van der Waals surface area contributed by atoms with Crippen LogP contribution in [0.2, 0.25) is 10.0 Å². The minimum atomic E-state index is 0.00767. The molecule has 4 aromatic rings. The number of imidazole rings is 1. The van der Waals surface area contributed by atoms with Crippen molar-refractivity contribution in [1.82, 2.24) is 9.55 Å². The van der Waals surface area contributed by atoms with E-state index in [4.69, 9.17) is 28.2 Å². The smallest absolute Gasteiger partial charge is 0.182 e. The lowest BCUT2D eigenvalue weighted by Crippen LogP contribution is -2.10. The Hall–Kier alpha value is -2.53. The highest BCUT2D eigenvalue weighted by Gasteiger charge is 2.15. The average molecular weight is 453 g/mol. The fourth-order valence-electron chi connectivity index (χ4n) is 2.99. The predicted molar refractivity (Wildman–Crippen MR) is 124 cm³/mol. The van der Waals surface area contributed by atoms with Crippen LogP contribution in [0.3, 0.4) is 0 Å². The molecule has 1 heterocycles. The van der Waals surface area contributed by atoms with Crippen LogP contribution >= 0.6 is 35.0 Å². The number of halogens is 2. The summed E-state index contributed by atoms with van der Waals surface area (Å²) in [5.74, 6) is 0.779.